The maximum absolute atomic E-state index is 6.15. The summed E-state index contributed by atoms with van der Waals surface area (Å²) in [5.74, 6) is 2.24. The highest BCUT2D eigenvalue weighted by atomic mass is 32.1. The fraction of sp³-hybridized carbons (Fsp3) is 0.381. The van der Waals surface area contributed by atoms with E-state index in [0.717, 1.165) is 23.4 Å². The van der Waals surface area contributed by atoms with E-state index in [1.165, 1.54) is 5.56 Å². The topological polar surface area (TPSA) is 51.8 Å². The average molecular weight is 387 g/mol. The molecule has 144 valence electrons. The van der Waals surface area contributed by atoms with Crippen molar-refractivity contribution in [3.05, 3.63) is 47.5 Å². The molecular weight excluding hydrogens is 360 g/mol. The predicted octanol–water partition coefficient (Wildman–Crippen LogP) is 4.60. The third-order valence-electron chi connectivity index (χ3n) is 4.57. The molecule has 1 atom stereocenters. The van der Waals surface area contributed by atoms with E-state index in [0.29, 0.717) is 16.6 Å². The molecule has 0 aromatic heterocycles. The van der Waals surface area contributed by atoms with Gasteiger partial charge in [0.1, 0.15) is 11.4 Å². The summed E-state index contributed by atoms with van der Waals surface area (Å²) in [6.07, 6.45) is 0.816. The van der Waals surface area contributed by atoms with Gasteiger partial charge < -0.3 is 24.8 Å². The zero-order valence-corrected chi connectivity index (χ0v) is 17.2. The van der Waals surface area contributed by atoms with Crippen LogP contribution in [0.3, 0.4) is 0 Å². The third kappa shape index (κ3) is 4.45. The number of hydrogen-bond acceptors (Lipinski definition) is 4. The number of aryl methyl sites for hydroxylation is 1. The van der Waals surface area contributed by atoms with Gasteiger partial charge in [0.15, 0.2) is 16.6 Å². The highest BCUT2D eigenvalue weighted by molar-refractivity contribution is 7.80. The van der Waals surface area contributed by atoms with Crippen molar-refractivity contribution in [1.82, 2.24) is 5.32 Å². The van der Waals surface area contributed by atoms with Gasteiger partial charge in [0, 0.05) is 23.7 Å². The van der Waals surface area contributed by atoms with Crippen molar-refractivity contribution in [3.8, 4) is 17.2 Å². The van der Waals surface area contributed by atoms with Crippen LogP contribution in [0.5, 0.6) is 17.2 Å². The van der Waals surface area contributed by atoms with E-state index < -0.39 is 0 Å². The van der Waals surface area contributed by atoms with Crippen LogP contribution in [0.2, 0.25) is 0 Å². The lowest BCUT2D eigenvalue weighted by Gasteiger charge is -2.38. The van der Waals surface area contributed by atoms with Crippen molar-refractivity contribution in [1.29, 1.82) is 0 Å². The largest absolute Gasteiger partial charge is 0.493 e. The zero-order valence-electron chi connectivity index (χ0n) is 16.4. The first-order valence-electron chi connectivity index (χ1n) is 8.90. The molecule has 1 aliphatic heterocycles. The molecule has 3 rings (SSSR count). The van der Waals surface area contributed by atoms with Gasteiger partial charge in [0.2, 0.25) is 0 Å². The monoisotopic (exact) mass is 386 g/mol. The molecule has 5 nitrogen and oxygen atoms in total. The number of methoxy groups -OCH3 is 2. The molecule has 0 radical (unpaired) electrons. The zero-order chi connectivity index (χ0) is 19.6. The number of fused-ring (bicyclic) bond motifs is 1. The van der Waals surface area contributed by atoms with Crippen molar-refractivity contribution in [3.63, 3.8) is 0 Å². The molecule has 0 bridgehead atoms. The van der Waals surface area contributed by atoms with Crippen molar-refractivity contribution in [2.24, 2.45) is 0 Å². The van der Waals surface area contributed by atoms with E-state index in [-0.39, 0.29) is 11.6 Å². The molecule has 1 aliphatic rings. The molecule has 0 saturated heterocycles. The van der Waals surface area contributed by atoms with Crippen LogP contribution >= 0.6 is 12.2 Å². The minimum absolute atomic E-state index is 0.0736. The molecule has 0 unspecified atom stereocenters. The maximum Gasteiger partial charge on any atom is 0.171 e. The number of ether oxygens (including phenoxy) is 3. The van der Waals surface area contributed by atoms with Crippen LogP contribution < -0.4 is 24.8 Å². The summed E-state index contributed by atoms with van der Waals surface area (Å²) in [6, 6.07) is 12.0. The first kappa shape index (κ1) is 19.3. The van der Waals surface area contributed by atoms with Gasteiger partial charge in [-0.15, -0.1) is 0 Å². The molecule has 0 aliphatic carbocycles. The SMILES string of the molecule is COc1ccc(NC(=S)N[C@@H]2CC(C)(C)Oc3cc(C)ccc32)cc1OC. The molecule has 0 spiro atoms. The summed E-state index contributed by atoms with van der Waals surface area (Å²) < 4.78 is 16.8. The van der Waals surface area contributed by atoms with E-state index in [1.54, 1.807) is 14.2 Å². The van der Waals surface area contributed by atoms with Crippen molar-refractivity contribution in [2.75, 3.05) is 19.5 Å². The lowest BCUT2D eigenvalue weighted by atomic mass is 9.89. The molecule has 1 heterocycles. The Labute approximate surface area is 166 Å². The first-order chi connectivity index (χ1) is 12.8. The summed E-state index contributed by atoms with van der Waals surface area (Å²) in [6.45, 7) is 6.26. The van der Waals surface area contributed by atoms with Gasteiger partial charge in [0.25, 0.3) is 0 Å². The molecule has 2 aromatic rings. The highest BCUT2D eigenvalue weighted by Gasteiger charge is 2.34. The van der Waals surface area contributed by atoms with E-state index in [1.807, 2.05) is 18.2 Å². The second-order valence-electron chi connectivity index (χ2n) is 7.33. The van der Waals surface area contributed by atoms with Crippen LogP contribution in [0.25, 0.3) is 0 Å². The molecule has 0 fully saturated rings. The summed E-state index contributed by atoms with van der Waals surface area (Å²) >= 11 is 5.55. The van der Waals surface area contributed by atoms with Crippen molar-refractivity contribution < 1.29 is 14.2 Å². The van der Waals surface area contributed by atoms with Gasteiger partial charge in [-0.1, -0.05) is 12.1 Å². The predicted molar refractivity (Wildman–Crippen MR) is 112 cm³/mol. The van der Waals surface area contributed by atoms with Gasteiger partial charge in [-0.3, -0.25) is 0 Å². The van der Waals surface area contributed by atoms with Gasteiger partial charge >= 0.3 is 0 Å². The minimum Gasteiger partial charge on any atom is -0.493 e. The van der Waals surface area contributed by atoms with E-state index >= 15 is 0 Å². The van der Waals surface area contributed by atoms with Gasteiger partial charge in [-0.25, -0.2) is 0 Å². The molecule has 6 heteroatoms. The Morgan fingerprint density at radius 2 is 1.85 bits per heavy atom. The molecule has 2 aromatic carbocycles. The Morgan fingerprint density at radius 3 is 2.56 bits per heavy atom. The molecule has 0 amide bonds. The third-order valence-corrected chi connectivity index (χ3v) is 4.79. The van der Waals surface area contributed by atoms with Crippen LogP contribution in [-0.4, -0.2) is 24.9 Å². The lowest BCUT2D eigenvalue weighted by Crippen LogP contribution is -2.42. The number of anilines is 1. The van der Waals surface area contributed by atoms with Crippen LogP contribution in [0, 0.1) is 6.92 Å². The standard InChI is InChI=1S/C21H26N2O3S/c1-13-6-8-15-16(12-21(2,3)26-18(15)10-13)23-20(27)22-14-7-9-17(24-4)19(11-14)25-5/h6-11,16H,12H2,1-5H3,(H2,22,23,27)/t16-/m1/s1. The second kappa shape index (κ2) is 7.64. The Hall–Kier alpha value is -2.47. The molecule has 2 N–H and O–H groups in total. The van der Waals surface area contributed by atoms with Gasteiger partial charge in [0.05, 0.1) is 20.3 Å². The lowest BCUT2D eigenvalue weighted by molar-refractivity contribution is 0.0696. The van der Waals surface area contributed by atoms with Crippen molar-refractivity contribution in [2.45, 2.75) is 38.8 Å². The Balaban J connectivity index is 1.76. The summed E-state index contributed by atoms with van der Waals surface area (Å²) in [4.78, 5) is 0. The number of rotatable bonds is 4. The van der Waals surface area contributed by atoms with Crippen molar-refractivity contribution >= 4 is 23.0 Å². The number of hydrogen-bond donors (Lipinski definition) is 2. The number of benzene rings is 2. The maximum atomic E-state index is 6.15. The smallest absolute Gasteiger partial charge is 0.171 e. The molecule has 27 heavy (non-hydrogen) atoms. The normalized spacial score (nSPS) is 17.3. The minimum atomic E-state index is -0.266. The van der Waals surface area contributed by atoms with Gasteiger partial charge in [-0.05, 0) is 56.8 Å². The fourth-order valence-corrected chi connectivity index (χ4v) is 3.59. The Bertz CT molecular complexity index is 851. The van der Waals surface area contributed by atoms with Crippen LogP contribution in [0.15, 0.2) is 36.4 Å². The second-order valence-corrected chi connectivity index (χ2v) is 7.74. The number of thiocarbonyl (C=S) groups is 1. The van der Waals surface area contributed by atoms with Crippen LogP contribution in [0.1, 0.15) is 37.4 Å². The Kier molecular flexibility index (Phi) is 5.46. The summed E-state index contributed by atoms with van der Waals surface area (Å²) in [5, 5.41) is 7.21. The van der Waals surface area contributed by atoms with Gasteiger partial charge in [-0.2, -0.15) is 0 Å². The van der Waals surface area contributed by atoms with Crippen LogP contribution in [0.4, 0.5) is 5.69 Å². The number of nitrogens with one attached hydrogen (secondary N) is 2. The Morgan fingerprint density at radius 1 is 1.11 bits per heavy atom. The fourth-order valence-electron chi connectivity index (χ4n) is 3.33. The quantitative estimate of drug-likeness (QED) is 0.749. The van der Waals surface area contributed by atoms with E-state index in [4.69, 9.17) is 26.4 Å². The van der Waals surface area contributed by atoms with Crippen LogP contribution in [-0.2, 0) is 0 Å². The molecular formula is C21H26N2O3S. The first-order valence-corrected chi connectivity index (χ1v) is 9.31. The van der Waals surface area contributed by atoms with E-state index in [2.05, 4.69) is 49.6 Å². The summed E-state index contributed by atoms with van der Waals surface area (Å²) in [7, 11) is 3.23. The van der Waals surface area contributed by atoms with E-state index in [9.17, 15) is 0 Å². The summed E-state index contributed by atoms with van der Waals surface area (Å²) in [5.41, 5.74) is 2.87. The average Bonchev–Trinajstić information content (AvgIpc) is 2.60. The molecule has 0 saturated carbocycles. The highest BCUT2D eigenvalue weighted by Crippen LogP contribution is 2.40.